The third-order valence-corrected chi connectivity index (χ3v) is 3.83. The molecule has 0 saturated heterocycles. The van der Waals surface area contributed by atoms with Crippen LogP contribution < -0.4 is 10.5 Å². The molecule has 0 radical (unpaired) electrons. The van der Waals surface area contributed by atoms with Crippen molar-refractivity contribution >= 4 is 17.8 Å². The number of nitrogens with two attached hydrogens (primary N) is 1. The third-order valence-electron chi connectivity index (χ3n) is 3.83. The zero-order valence-corrected chi connectivity index (χ0v) is 13.2. The number of carbonyl (C=O) groups is 2. The average Bonchev–Trinajstić information content (AvgIpc) is 2.72. The second kappa shape index (κ2) is 5.81. The molecular formula is C15H16F3N3O3. The van der Waals surface area contributed by atoms with Crippen LogP contribution in [-0.2, 0) is 15.1 Å². The van der Waals surface area contributed by atoms with Gasteiger partial charge in [0, 0.05) is 12.6 Å². The summed E-state index contributed by atoms with van der Waals surface area (Å²) >= 11 is 0. The van der Waals surface area contributed by atoms with Gasteiger partial charge in [0.2, 0.25) is 0 Å². The van der Waals surface area contributed by atoms with Gasteiger partial charge in [0.25, 0.3) is 5.91 Å². The maximum absolute atomic E-state index is 12.7. The Bertz CT molecular complexity index is 715. The van der Waals surface area contributed by atoms with E-state index in [1.54, 1.807) is 13.8 Å². The summed E-state index contributed by atoms with van der Waals surface area (Å²) in [5.74, 6) is -3.77. The van der Waals surface area contributed by atoms with E-state index in [1.165, 1.54) is 31.3 Å². The fraction of sp³-hybridized carbons (Fsp3) is 0.400. The van der Waals surface area contributed by atoms with Crippen LogP contribution in [0.15, 0.2) is 29.3 Å². The second-order valence-electron chi connectivity index (χ2n) is 5.64. The smallest absolute Gasteiger partial charge is 0.419 e. The Balaban J connectivity index is 2.59. The van der Waals surface area contributed by atoms with E-state index in [0.29, 0.717) is 0 Å². The Morgan fingerprint density at radius 2 is 1.92 bits per heavy atom. The number of benzene rings is 1. The predicted molar refractivity (Wildman–Crippen MR) is 79.0 cm³/mol. The first-order valence-corrected chi connectivity index (χ1v) is 7.03. The molecule has 6 nitrogen and oxygen atoms in total. The van der Waals surface area contributed by atoms with Gasteiger partial charge >= 0.3 is 12.1 Å². The van der Waals surface area contributed by atoms with Crippen molar-refractivity contribution in [2.45, 2.75) is 25.6 Å². The van der Waals surface area contributed by atoms with Crippen molar-refractivity contribution in [2.75, 3.05) is 7.05 Å². The first-order chi connectivity index (χ1) is 11.0. The molecule has 0 aromatic heterocycles. The molecular weight excluding hydrogens is 327 g/mol. The molecule has 1 aromatic carbocycles. The fourth-order valence-corrected chi connectivity index (χ4v) is 2.55. The Labute approximate surface area is 136 Å². The van der Waals surface area contributed by atoms with E-state index in [-0.39, 0.29) is 17.3 Å². The molecule has 1 unspecified atom stereocenters. The van der Waals surface area contributed by atoms with Crippen molar-refractivity contribution < 1.29 is 27.5 Å². The van der Waals surface area contributed by atoms with Gasteiger partial charge in [-0.2, -0.15) is 13.2 Å². The van der Waals surface area contributed by atoms with E-state index in [4.69, 9.17) is 5.73 Å². The maximum Gasteiger partial charge on any atom is 0.491 e. The molecule has 0 spiro atoms. The highest BCUT2D eigenvalue weighted by atomic mass is 19.4. The molecule has 2 rings (SSSR count). The lowest BCUT2D eigenvalue weighted by Crippen LogP contribution is -2.43. The van der Waals surface area contributed by atoms with Crippen LogP contribution >= 0.6 is 0 Å². The highest BCUT2D eigenvalue weighted by Gasteiger charge is 2.52. The molecule has 0 aliphatic carbocycles. The summed E-state index contributed by atoms with van der Waals surface area (Å²) in [6, 6.07) is 5.49. The molecule has 1 aromatic rings. The average molecular weight is 343 g/mol. The van der Waals surface area contributed by atoms with Crippen LogP contribution in [0.25, 0.3) is 0 Å². The second-order valence-corrected chi connectivity index (χ2v) is 5.64. The van der Waals surface area contributed by atoms with E-state index in [0.717, 1.165) is 4.90 Å². The molecule has 0 saturated carbocycles. The first-order valence-electron chi connectivity index (χ1n) is 7.03. The number of aliphatic imine (C=N–C) groups is 1. The predicted octanol–water partition coefficient (Wildman–Crippen LogP) is 1.79. The number of carbonyl (C=O) groups excluding carboxylic acids is 2. The van der Waals surface area contributed by atoms with Crippen LogP contribution in [0.4, 0.5) is 13.2 Å². The number of halogens is 3. The van der Waals surface area contributed by atoms with Crippen LogP contribution in [0.5, 0.6) is 5.75 Å². The van der Waals surface area contributed by atoms with Crippen molar-refractivity contribution in [1.82, 2.24) is 4.90 Å². The van der Waals surface area contributed by atoms with Gasteiger partial charge in [-0.05, 0) is 12.0 Å². The standard InChI is InChI=1S/C15H16F3N3O3/c1-8(2)14(11(22)21(3)13(19)20-14)9-6-4-5-7-10(9)24-12(23)15(16,17)18/h4-8H,1-3H3,(H2,19,20). The van der Waals surface area contributed by atoms with E-state index in [1.807, 2.05) is 0 Å². The summed E-state index contributed by atoms with van der Waals surface area (Å²) in [6.45, 7) is 3.35. The van der Waals surface area contributed by atoms with Crippen molar-refractivity contribution in [1.29, 1.82) is 0 Å². The number of rotatable bonds is 3. The van der Waals surface area contributed by atoms with Crippen LogP contribution in [0.1, 0.15) is 19.4 Å². The zero-order chi connectivity index (χ0) is 18.3. The van der Waals surface area contributed by atoms with Gasteiger partial charge in [-0.3, -0.25) is 9.69 Å². The molecule has 9 heteroatoms. The van der Waals surface area contributed by atoms with E-state index < -0.39 is 29.5 Å². The summed E-state index contributed by atoms with van der Waals surface area (Å²) in [7, 11) is 1.41. The van der Waals surface area contributed by atoms with Crippen LogP contribution in [0, 0.1) is 5.92 Å². The highest BCUT2D eigenvalue weighted by molar-refractivity contribution is 6.07. The van der Waals surface area contributed by atoms with Crippen LogP contribution in [-0.4, -0.2) is 36.0 Å². The van der Waals surface area contributed by atoms with Gasteiger partial charge in [0.05, 0.1) is 0 Å². The minimum Gasteiger partial charge on any atom is -0.419 e. The van der Waals surface area contributed by atoms with Gasteiger partial charge in [-0.25, -0.2) is 9.79 Å². The number of esters is 1. The minimum atomic E-state index is -5.16. The molecule has 24 heavy (non-hydrogen) atoms. The quantitative estimate of drug-likeness (QED) is 0.670. The first kappa shape index (κ1) is 17.8. The van der Waals surface area contributed by atoms with Crippen molar-refractivity contribution in [3.63, 3.8) is 0 Å². The molecule has 1 amide bonds. The number of nitrogens with zero attached hydrogens (tertiary/aromatic N) is 2. The molecule has 1 atom stereocenters. The maximum atomic E-state index is 12.7. The largest absolute Gasteiger partial charge is 0.491 e. The number of amides is 1. The lowest BCUT2D eigenvalue weighted by Gasteiger charge is -2.30. The number of hydrogen-bond donors (Lipinski definition) is 1. The Morgan fingerprint density at radius 1 is 1.33 bits per heavy atom. The normalized spacial score (nSPS) is 21.2. The van der Waals surface area contributed by atoms with Gasteiger partial charge in [-0.1, -0.05) is 32.0 Å². The molecule has 2 N–H and O–H groups in total. The van der Waals surface area contributed by atoms with Crippen molar-refractivity contribution in [3.05, 3.63) is 29.8 Å². The van der Waals surface area contributed by atoms with E-state index in [2.05, 4.69) is 9.73 Å². The summed E-state index contributed by atoms with van der Waals surface area (Å²) in [4.78, 5) is 29.2. The number of guanidine groups is 1. The van der Waals surface area contributed by atoms with Gasteiger partial charge in [0.15, 0.2) is 11.5 Å². The molecule has 1 aliphatic heterocycles. The number of alkyl halides is 3. The number of para-hydroxylation sites is 1. The summed E-state index contributed by atoms with van der Waals surface area (Å²) in [5, 5.41) is 0. The van der Waals surface area contributed by atoms with Gasteiger partial charge in [-0.15, -0.1) is 0 Å². The van der Waals surface area contributed by atoms with Crippen molar-refractivity contribution in [2.24, 2.45) is 16.6 Å². The van der Waals surface area contributed by atoms with E-state index in [9.17, 15) is 22.8 Å². The zero-order valence-electron chi connectivity index (χ0n) is 13.2. The van der Waals surface area contributed by atoms with Crippen molar-refractivity contribution in [3.8, 4) is 5.75 Å². The molecule has 0 fully saturated rings. The molecule has 130 valence electrons. The summed E-state index contributed by atoms with van der Waals surface area (Å²) in [6.07, 6.45) is -5.16. The Hall–Kier alpha value is -2.58. The molecule has 1 aliphatic rings. The SMILES string of the molecule is CC(C)C1(c2ccccc2OC(=O)C(F)(F)F)N=C(N)N(C)C1=O. The lowest BCUT2D eigenvalue weighted by atomic mass is 9.79. The van der Waals surface area contributed by atoms with Crippen LogP contribution in [0.3, 0.4) is 0 Å². The Morgan fingerprint density at radius 3 is 2.38 bits per heavy atom. The highest BCUT2D eigenvalue weighted by Crippen LogP contribution is 2.43. The Kier molecular flexibility index (Phi) is 4.30. The monoisotopic (exact) mass is 343 g/mol. The number of ether oxygens (including phenoxy) is 1. The topological polar surface area (TPSA) is 85.0 Å². The number of likely N-dealkylation sites (N-methyl/N-ethyl adjacent to an activating group) is 1. The third kappa shape index (κ3) is 2.70. The summed E-state index contributed by atoms with van der Waals surface area (Å²) < 4.78 is 42.0. The lowest BCUT2D eigenvalue weighted by molar-refractivity contribution is -0.189. The molecule has 1 heterocycles. The van der Waals surface area contributed by atoms with Gasteiger partial charge < -0.3 is 10.5 Å². The van der Waals surface area contributed by atoms with Crippen LogP contribution in [0.2, 0.25) is 0 Å². The number of hydrogen-bond acceptors (Lipinski definition) is 5. The van der Waals surface area contributed by atoms with E-state index >= 15 is 0 Å². The van der Waals surface area contributed by atoms with Gasteiger partial charge in [0.1, 0.15) is 5.75 Å². The fourth-order valence-electron chi connectivity index (χ4n) is 2.55. The molecule has 0 bridgehead atoms. The minimum absolute atomic E-state index is 0.0508. The summed E-state index contributed by atoms with van der Waals surface area (Å²) in [5.41, 5.74) is 4.20.